The highest BCUT2D eigenvalue weighted by molar-refractivity contribution is 6.31. The Morgan fingerprint density at radius 2 is 2.00 bits per heavy atom. The van der Waals surface area contributed by atoms with Gasteiger partial charge in [-0.25, -0.2) is 0 Å². The first-order valence-electron chi connectivity index (χ1n) is 9.41. The lowest BCUT2D eigenvalue weighted by Crippen LogP contribution is -2.27. The van der Waals surface area contributed by atoms with Gasteiger partial charge in [-0.05, 0) is 55.0 Å². The van der Waals surface area contributed by atoms with Crippen molar-refractivity contribution in [2.45, 2.75) is 6.92 Å². The summed E-state index contributed by atoms with van der Waals surface area (Å²) in [7, 11) is 3.37. The summed E-state index contributed by atoms with van der Waals surface area (Å²) in [6.07, 6.45) is 3.38. The highest BCUT2D eigenvalue weighted by Crippen LogP contribution is 2.28. The molecule has 0 fully saturated rings. The zero-order chi connectivity index (χ0) is 21.5. The molecule has 0 radical (unpaired) electrons. The minimum atomic E-state index is -0.127. The van der Waals surface area contributed by atoms with Gasteiger partial charge >= 0.3 is 0 Å². The molecule has 0 unspecified atom stereocenters. The lowest BCUT2D eigenvalue weighted by molar-refractivity contribution is -0.130. The standard InChI is InChI=1S/C22H23ClN4O3/c1-4-29-21-11-15(5-8-20(21)30-14-22(28)27(2)3)13-25-26-18-9-10-24-19-12-16(23)6-7-17(18)19/h5-13H,4,14H2,1-3H3,(H,24,26)/b25-13-. The Balaban J connectivity index is 1.74. The van der Waals surface area contributed by atoms with Crippen molar-refractivity contribution < 1.29 is 14.3 Å². The second kappa shape index (κ2) is 9.93. The van der Waals surface area contributed by atoms with Gasteiger partial charge in [0.2, 0.25) is 0 Å². The number of anilines is 1. The third-order valence-electron chi connectivity index (χ3n) is 4.22. The maximum atomic E-state index is 11.8. The largest absolute Gasteiger partial charge is 0.490 e. The van der Waals surface area contributed by atoms with Crippen LogP contribution in [0, 0.1) is 0 Å². The summed E-state index contributed by atoms with van der Waals surface area (Å²) in [4.78, 5) is 17.6. The van der Waals surface area contributed by atoms with Crippen molar-refractivity contribution in [1.82, 2.24) is 9.88 Å². The molecule has 7 nitrogen and oxygen atoms in total. The Bertz CT molecular complexity index is 1070. The van der Waals surface area contributed by atoms with E-state index in [1.165, 1.54) is 4.90 Å². The molecule has 0 saturated carbocycles. The quantitative estimate of drug-likeness (QED) is 0.431. The first-order valence-corrected chi connectivity index (χ1v) is 9.79. The second-order valence-electron chi connectivity index (χ2n) is 6.61. The van der Waals surface area contributed by atoms with Crippen LogP contribution in [0.2, 0.25) is 5.02 Å². The number of benzene rings is 2. The van der Waals surface area contributed by atoms with Crippen LogP contribution in [-0.2, 0) is 4.79 Å². The molecule has 8 heteroatoms. The van der Waals surface area contributed by atoms with Crippen LogP contribution in [0.4, 0.5) is 5.69 Å². The number of halogens is 1. The van der Waals surface area contributed by atoms with Gasteiger partial charge in [0.25, 0.3) is 5.91 Å². The van der Waals surface area contributed by atoms with E-state index < -0.39 is 0 Å². The SMILES string of the molecule is CCOc1cc(/C=N\Nc2ccnc3cc(Cl)ccc23)ccc1OCC(=O)N(C)C. The van der Waals surface area contributed by atoms with E-state index in [1.807, 2.05) is 37.3 Å². The third kappa shape index (κ3) is 5.39. The Morgan fingerprint density at radius 1 is 1.17 bits per heavy atom. The molecule has 0 spiro atoms. The number of nitrogens with one attached hydrogen (secondary N) is 1. The molecule has 3 aromatic rings. The van der Waals surface area contributed by atoms with Gasteiger partial charge in [0.05, 0.1) is 24.0 Å². The minimum Gasteiger partial charge on any atom is -0.490 e. The summed E-state index contributed by atoms with van der Waals surface area (Å²) in [6.45, 7) is 2.31. The van der Waals surface area contributed by atoms with Gasteiger partial charge < -0.3 is 14.4 Å². The van der Waals surface area contributed by atoms with E-state index in [0.29, 0.717) is 23.1 Å². The number of pyridine rings is 1. The normalized spacial score (nSPS) is 10.9. The van der Waals surface area contributed by atoms with Crippen molar-refractivity contribution in [2.75, 3.05) is 32.7 Å². The first kappa shape index (κ1) is 21.4. The second-order valence-corrected chi connectivity index (χ2v) is 7.04. The summed E-state index contributed by atoms with van der Waals surface area (Å²) in [5, 5.41) is 5.87. The minimum absolute atomic E-state index is 0.0544. The first-order chi connectivity index (χ1) is 14.5. The van der Waals surface area contributed by atoms with Crippen LogP contribution in [0.1, 0.15) is 12.5 Å². The molecule has 0 saturated heterocycles. The van der Waals surface area contributed by atoms with Crippen LogP contribution in [-0.4, -0.2) is 49.3 Å². The zero-order valence-corrected chi connectivity index (χ0v) is 17.8. The van der Waals surface area contributed by atoms with Gasteiger partial charge in [0.15, 0.2) is 18.1 Å². The van der Waals surface area contributed by atoms with Gasteiger partial charge in [-0.3, -0.25) is 15.2 Å². The van der Waals surface area contributed by atoms with Crippen molar-refractivity contribution in [2.24, 2.45) is 5.10 Å². The molecule has 156 valence electrons. The van der Waals surface area contributed by atoms with E-state index in [0.717, 1.165) is 22.2 Å². The maximum absolute atomic E-state index is 11.8. The van der Waals surface area contributed by atoms with E-state index in [9.17, 15) is 4.79 Å². The van der Waals surface area contributed by atoms with Crippen LogP contribution < -0.4 is 14.9 Å². The van der Waals surface area contributed by atoms with Crippen LogP contribution in [0.3, 0.4) is 0 Å². The molecule has 2 aromatic carbocycles. The summed E-state index contributed by atoms with van der Waals surface area (Å²) in [5.74, 6) is 0.935. The number of carbonyl (C=O) groups is 1. The van der Waals surface area contributed by atoms with Gasteiger partial charge in [-0.15, -0.1) is 0 Å². The fourth-order valence-corrected chi connectivity index (χ4v) is 2.82. The Hall–Kier alpha value is -3.32. The number of fused-ring (bicyclic) bond motifs is 1. The van der Waals surface area contributed by atoms with E-state index in [-0.39, 0.29) is 12.5 Å². The highest BCUT2D eigenvalue weighted by Gasteiger charge is 2.10. The average molecular weight is 427 g/mol. The predicted molar refractivity (Wildman–Crippen MR) is 120 cm³/mol. The van der Waals surface area contributed by atoms with Crippen LogP contribution in [0.5, 0.6) is 11.5 Å². The molecule has 1 aromatic heterocycles. The Morgan fingerprint density at radius 3 is 2.77 bits per heavy atom. The number of hydrogen-bond donors (Lipinski definition) is 1. The van der Waals surface area contributed by atoms with Gasteiger partial charge in [0.1, 0.15) is 0 Å². The van der Waals surface area contributed by atoms with E-state index in [4.69, 9.17) is 21.1 Å². The Labute approximate surface area is 180 Å². The number of hydrogen-bond acceptors (Lipinski definition) is 6. The van der Waals surface area contributed by atoms with Gasteiger partial charge in [-0.2, -0.15) is 5.10 Å². The molecule has 3 rings (SSSR count). The fourth-order valence-electron chi connectivity index (χ4n) is 2.66. The smallest absolute Gasteiger partial charge is 0.259 e. The zero-order valence-electron chi connectivity index (χ0n) is 17.1. The highest BCUT2D eigenvalue weighted by atomic mass is 35.5. The molecule has 1 heterocycles. The molecule has 30 heavy (non-hydrogen) atoms. The fraction of sp³-hybridized carbons (Fsp3) is 0.227. The van der Waals surface area contributed by atoms with Crippen LogP contribution >= 0.6 is 11.6 Å². The molecule has 0 aliphatic heterocycles. The summed E-state index contributed by atoms with van der Waals surface area (Å²) in [6, 6.07) is 12.8. The van der Waals surface area contributed by atoms with Crippen molar-refractivity contribution in [3.63, 3.8) is 0 Å². The Kier molecular flexibility index (Phi) is 7.08. The molecule has 0 aliphatic carbocycles. The van der Waals surface area contributed by atoms with Crippen molar-refractivity contribution in [3.8, 4) is 11.5 Å². The molecule has 0 atom stereocenters. The molecule has 0 aliphatic rings. The third-order valence-corrected chi connectivity index (χ3v) is 4.46. The monoisotopic (exact) mass is 426 g/mol. The predicted octanol–water partition coefficient (Wildman–Crippen LogP) is 4.20. The molecular formula is C22H23ClN4O3. The van der Waals surface area contributed by atoms with E-state index in [2.05, 4.69) is 15.5 Å². The molecule has 1 amide bonds. The molecule has 1 N–H and O–H groups in total. The topological polar surface area (TPSA) is 76.0 Å². The average Bonchev–Trinajstić information content (AvgIpc) is 2.73. The number of ether oxygens (including phenoxy) is 2. The van der Waals surface area contributed by atoms with E-state index >= 15 is 0 Å². The summed E-state index contributed by atoms with van der Waals surface area (Å²) >= 11 is 6.03. The number of nitrogens with zero attached hydrogens (tertiary/aromatic N) is 3. The number of rotatable bonds is 8. The number of likely N-dealkylation sites (N-methyl/N-ethyl adjacent to an activating group) is 1. The van der Waals surface area contributed by atoms with Crippen molar-refractivity contribution >= 4 is 40.3 Å². The van der Waals surface area contributed by atoms with Crippen molar-refractivity contribution in [3.05, 3.63) is 59.2 Å². The molecule has 0 bridgehead atoms. The number of carbonyl (C=O) groups excluding carboxylic acids is 1. The molecular weight excluding hydrogens is 404 g/mol. The summed E-state index contributed by atoms with van der Waals surface area (Å²) in [5.41, 5.74) is 5.46. The van der Waals surface area contributed by atoms with Crippen LogP contribution in [0.15, 0.2) is 53.8 Å². The number of aromatic nitrogens is 1. The number of amides is 1. The van der Waals surface area contributed by atoms with Gasteiger partial charge in [-0.1, -0.05) is 11.6 Å². The van der Waals surface area contributed by atoms with Gasteiger partial charge in [0, 0.05) is 30.7 Å². The van der Waals surface area contributed by atoms with Crippen LogP contribution in [0.25, 0.3) is 10.9 Å². The number of hydrazone groups is 1. The lowest BCUT2D eigenvalue weighted by Gasteiger charge is -2.14. The van der Waals surface area contributed by atoms with E-state index in [1.54, 1.807) is 38.6 Å². The van der Waals surface area contributed by atoms with Crippen molar-refractivity contribution in [1.29, 1.82) is 0 Å². The maximum Gasteiger partial charge on any atom is 0.259 e. The summed E-state index contributed by atoms with van der Waals surface area (Å²) < 4.78 is 11.3. The lowest BCUT2D eigenvalue weighted by atomic mass is 10.2.